The average molecular weight is 232 g/mol. The second-order valence-electron chi connectivity index (χ2n) is 4.08. The Kier molecular flexibility index (Phi) is 2.91. The summed E-state index contributed by atoms with van der Waals surface area (Å²) in [6.45, 7) is 4.02. The number of aromatic nitrogens is 1. The summed E-state index contributed by atoms with van der Waals surface area (Å²) in [6.07, 6.45) is 0. The van der Waals surface area contributed by atoms with E-state index in [9.17, 15) is 10.1 Å². The van der Waals surface area contributed by atoms with Crippen LogP contribution in [0.15, 0.2) is 34.9 Å². The molecule has 1 heterocycles. The molecule has 1 aromatic heterocycles. The van der Waals surface area contributed by atoms with Gasteiger partial charge in [0, 0.05) is 23.8 Å². The van der Waals surface area contributed by atoms with Gasteiger partial charge in [-0.25, -0.2) is 0 Å². The third-order valence-corrected chi connectivity index (χ3v) is 2.46. The van der Waals surface area contributed by atoms with Crippen LogP contribution >= 0.6 is 0 Å². The minimum atomic E-state index is -0.427. The van der Waals surface area contributed by atoms with Crippen molar-refractivity contribution in [2.24, 2.45) is 0 Å². The number of rotatable bonds is 3. The van der Waals surface area contributed by atoms with Crippen LogP contribution in [0.3, 0.4) is 0 Å². The quantitative estimate of drug-likeness (QED) is 0.600. The summed E-state index contributed by atoms with van der Waals surface area (Å²) in [5, 5.41) is 14.6. The maximum Gasteiger partial charge on any atom is 0.270 e. The normalized spacial score (nSPS) is 10.8. The molecule has 0 saturated carbocycles. The molecule has 0 N–H and O–H groups in total. The zero-order chi connectivity index (χ0) is 12.4. The van der Waals surface area contributed by atoms with Crippen molar-refractivity contribution in [1.29, 1.82) is 0 Å². The van der Waals surface area contributed by atoms with Gasteiger partial charge in [-0.05, 0) is 5.92 Å². The monoisotopic (exact) mass is 232 g/mol. The van der Waals surface area contributed by atoms with Crippen LogP contribution in [0, 0.1) is 10.1 Å². The molecular weight excluding hydrogens is 220 g/mol. The minimum Gasteiger partial charge on any atom is -0.356 e. The summed E-state index contributed by atoms with van der Waals surface area (Å²) in [5.41, 5.74) is 1.55. The van der Waals surface area contributed by atoms with E-state index in [4.69, 9.17) is 4.52 Å². The Morgan fingerprint density at radius 2 is 2.12 bits per heavy atom. The fourth-order valence-electron chi connectivity index (χ4n) is 1.47. The average Bonchev–Trinajstić information content (AvgIpc) is 2.78. The number of nitro benzene ring substituents is 1. The van der Waals surface area contributed by atoms with Crippen LogP contribution in [0.1, 0.15) is 25.5 Å². The van der Waals surface area contributed by atoms with Crippen molar-refractivity contribution in [1.82, 2.24) is 5.16 Å². The predicted molar refractivity (Wildman–Crippen MR) is 62.7 cm³/mol. The topological polar surface area (TPSA) is 69.2 Å². The molecular formula is C12H12N2O3. The van der Waals surface area contributed by atoms with Gasteiger partial charge in [0.25, 0.3) is 5.69 Å². The van der Waals surface area contributed by atoms with E-state index in [0.717, 1.165) is 5.69 Å². The molecule has 0 aliphatic rings. The van der Waals surface area contributed by atoms with Gasteiger partial charge in [0.05, 0.1) is 10.6 Å². The molecule has 17 heavy (non-hydrogen) atoms. The highest BCUT2D eigenvalue weighted by molar-refractivity contribution is 5.61. The molecule has 2 rings (SSSR count). The molecule has 0 saturated heterocycles. The van der Waals surface area contributed by atoms with Gasteiger partial charge in [-0.1, -0.05) is 31.1 Å². The van der Waals surface area contributed by atoms with E-state index < -0.39 is 4.92 Å². The van der Waals surface area contributed by atoms with E-state index in [-0.39, 0.29) is 11.6 Å². The number of hydrogen-bond acceptors (Lipinski definition) is 4. The van der Waals surface area contributed by atoms with E-state index in [1.165, 1.54) is 12.1 Å². The molecule has 0 aliphatic heterocycles. The molecule has 0 spiro atoms. The molecule has 0 bridgehead atoms. The van der Waals surface area contributed by atoms with Crippen LogP contribution in [0.2, 0.25) is 0 Å². The molecule has 0 amide bonds. The molecule has 0 unspecified atom stereocenters. The molecule has 2 aromatic rings. The van der Waals surface area contributed by atoms with Crippen molar-refractivity contribution in [3.63, 3.8) is 0 Å². The van der Waals surface area contributed by atoms with Crippen molar-refractivity contribution >= 4 is 5.69 Å². The summed E-state index contributed by atoms with van der Waals surface area (Å²) < 4.78 is 5.17. The highest BCUT2D eigenvalue weighted by atomic mass is 16.6. The summed E-state index contributed by atoms with van der Waals surface area (Å²) in [6, 6.07) is 8.13. The fourth-order valence-corrected chi connectivity index (χ4v) is 1.47. The summed E-state index contributed by atoms with van der Waals surface area (Å²) in [4.78, 5) is 10.2. The second kappa shape index (κ2) is 4.37. The van der Waals surface area contributed by atoms with E-state index >= 15 is 0 Å². The lowest BCUT2D eigenvalue weighted by Crippen LogP contribution is -1.87. The summed E-state index contributed by atoms with van der Waals surface area (Å²) in [7, 11) is 0. The lowest BCUT2D eigenvalue weighted by atomic mass is 10.1. The Morgan fingerprint density at radius 3 is 2.71 bits per heavy atom. The van der Waals surface area contributed by atoms with Crippen LogP contribution in [0.5, 0.6) is 0 Å². The van der Waals surface area contributed by atoms with E-state index in [1.807, 2.05) is 19.9 Å². The zero-order valence-corrected chi connectivity index (χ0v) is 9.58. The lowest BCUT2D eigenvalue weighted by molar-refractivity contribution is -0.384. The predicted octanol–water partition coefficient (Wildman–Crippen LogP) is 3.37. The highest BCUT2D eigenvalue weighted by Crippen LogP contribution is 2.26. The molecule has 5 nitrogen and oxygen atoms in total. The number of hydrogen-bond donors (Lipinski definition) is 0. The standard InChI is InChI=1S/C12H12N2O3/c1-8(2)11-7-12(17-13-11)9-4-3-5-10(6-9)14(15)16/h3-8H,1-2H3. The molecule has 0 aliphatic carbocycles. The van der Waals surface area contributed by atoms with Gasteiger partial charge < -0.3 is 4.52 Å². The van der Waals surface area contributed by atoms with Gasteiger partial charge in [0.1, 0.15) is 0 Å². The van der Waals surface area contributed by atoms with E-state index in [0.29, 0.717) is 11.3 Å². The van der Waals surface area contributed by atoms with Crippen molar-refractivity contribution in [3.05, 3.63) is 46.1 Å². The first-order valence-electron chi connectivity index (χ1n) is 5.29. The van der Waals surface area contributed by atoms with Crippen LogP contribution in [0.25, 0.3) is 11.3 Å². The Morgan fingerprint density at radius 1 is 1.35 bits per heavy atom. The van der Waals surface area contributed by atoms with Crippen LogP contribution in [-0.4, -0.2) is 10.1 Å². The minimum absolute atomic E-state index is 0.0463. The molecule has 1 aromatic carbocycles. The van der Waals surface area contributed by atoms with Crippen LogP contribution in [0.4, 0.5) is 5.69 Å². The van der Waals surface area contributed by atoms with Crippen molar-refractivity contribution in [2.45, 2.75) is 19.8 Å². The van der Waals surface area contributed by atoms with Gasteiger partial charge in [-0.2, -0.15) is 0 Å². The highest BCUT2D eigenvalue weighted by Gasteiger charge is 2.12. The lowest BCUT2D eigenvalue weighted by Gasteiger charge is -1.95. The van der Waals surface area contributed by atoms with Crippen molar-refractivity contribution < 1.29 is 9.45 Å². The third-order valence-electron chi connectivity index (χ3n) is 2.46. The Bertz CT molecular complexity index is 546. The molecule has 88 valence electrons. The van der Waals surface area contributed by atoms with Crippen molar-refractivity contribution in [2.75, 3.05) is 0 Å². The SMILES string of the molecule is CC(C)c1cc(-c2cccc([N+](=O)[O-])c2)on1. The smallest absolute Gasteiger partial charge is 0.270 e. The van der Waals surface area contributed by atoms with Gasteiger partial charge in [-0.15, -0.1) is 0 Å². The summed E-state index contributed by atoms with van der Waals surface area (Å²) in [5.74, 6) is 0.823. The number of non-ortho nitro benzene ring substituents is 1. The maximum atomic E-state index is 10.7. The van der Waals surface area contributed by atoms with Crippen LogP contribution in [-0.2, 0) is 0 Å². The van der Waals surface area contributed by atoms with Crippen LogP contribution < -0.4 is 0 Å². The molecule has 5 heteroatoms. The Labute approximate surface area is 98.2 Å². The van der Waals surface area contributed by atoms with E-state index in [1.54, 1.807) is 12.1 Å². The number of nitrogens with zero attached hydrogens (tertiary/aromatic N) is 2. The van der Waals surface area contributed by atoms with Gasteiger partial charge in [-0.3, -0.25) is 10.1 Å². The summed E-state index contributed by atoms with van der Waals surface area (Å²) >= 11 is 0. The largest absolute Gasteiger partial charge is 0.356 e. The van der Waals surface area contributed by atoms with Gasteiger partial charge in [0.2, 0.25) is 0 Å². The Balaban J connectivity index is 2.38. The third kappa shape index (κ3) is 2.33. The first kappa shape index (κ1) is 11.3. The molecule has 0 fully saturated rings. The molecule has 0 atom stereocenters. The fraction of sp³-hybridized carbons (Fsp3) is 0.250. The first-order valence-corrected chi connectivity index (χ1v) is 5.29. The number of nitro groups is 1. The molecule has 0 radical (unpaired) electrons. The second-order valence-corrected chi connectivity index (χ2v) is 4.08. The number of benzene rings is 1. The van der Waals surface area contributed by atoms with Gasteiger partial charge in [0.15, 0.2) is 5.76 Å². The van der Waals surface area contributed by atoms with Crippen molar-refractivity contribution in [3.8, 4) is 11.3 Å². The van der Waals surface area contributed by atoms with E-state index in [2.05, 4.69) is 5.16 Å². The van der Waals surface area contributed by atoms with Gasteiger partial charge >= 0.3 is 0 Å². The first-order chi connectivity index (χ1) is 8.08. The zero-order valence-electron chi connectivity index (χ0n) is 9.58. The Hall–Kier alpha value is -2.17. The maximum absolute atomic E-state index is 10.7.